The molecule has 0 aliphatic heterocycles. The Labute approximate surface area is 91.5 Å². The first-order valence-corrected chi connectivity index (χ1v) is 5.66. The summed E-state index contributed by atoms with van der Waals surface area (Å²) >= 11 is 1.90. The summed E-state index contributed by atoms with van der Waals surface area (Å²) in [6.07, 6.45) is 0. The van der Waals surface area contributed by atoms with E-state index < -0.39 is 0 Å². The molecule has 0 aromatic heterocycles. The van der Waals surface area contributed by atoms with Crippen LogP contribution in [0.5, 0.6) is 0 Å². The van der Waals surface area contributed by atoms with Gasteiger partial charge in [0.05, 0.1) is 0 Å². The zero-order chi connectivity index (χ0) is 10.8. The van der Waals surface area contributed by atoms with E-state index in [-0.39, 0.29) is 0 Å². The quantitative estimate of drug-likeness (QED) is 0.684. The van der Waals surface area contributed by atoms with Crippen molar-refractivity contribution in [3.63, 3.8) is 0 Å². The Balaban J connectivity index is 2.74. The molecule has 0 aliphatic rings. The monoisotopic (exact) mass is 209 g/mol. The van der Waals surface area contributed by atoms with Gasteiger partial charge in [0.25, 0.3) is 0 Å². The molecule has 78 valence electrons. The molecule has 0 aliphatic carbocycles. The highest BCUT2D eigenvalue weighted by molar-refractivity contribution is 8.00. The van der Waals surface area contributed by atoms with Gasteiger partial charge in [-0.15, -0.1) is 11.8 Å². The Morgan fingerprint density at radius 2 is 1.50 bits per heavy atom. The van der Waals surface area contributed by atoms with Crippen LogP contribution in [0, 0.1) is 0 Å². The van der Waals surface area contributed by atoms with Crippen molar-refractivity contribution in [1.82, 2.24) is 0 Å². The smallest absolute Gasteiger partial charge is 0.0361 e. The molecule has 1 rings (SSSR count). The second-order valence-electron chi connectivity index (χ2n) is 4.60. The molecule has 2 heteroatoms. The summed E-state index contributed by atoms with van der Waals surface area (Å²) in [6, 6.07) is 8.69. The lowest BCUT2D eigenvalue weighted by molar-refractivity contribution is 0.803. The summed E-state index contributed by atoms with van der Waals surface area (Å²) in [5.74, 6) is 0. The fourth-order valence-electron chi connectivity index (χ4n) is 1.17. The van der Waals surface area contributed by atoms with Gasteiger partial charge in [-0.05, 0) is 24.3 Å². The summed E-state index contributed by atoms with van der Waals surface area (Å²) in [5, 5.41) is 0. The zero-order valence-corrected chi connectivity index (χ0v) is 10.5. The Kier molecular flexibility index (Phi) is 3.48. The molecule has 0 fully saturated rings. The third kappa shape index (κ3) is 3.62. The minimum atomic E-state index is 0.291. The van der Waals surface area contributed by atoms with Crippen molar-refractivity contribution < 1.29 is 0 Å². The SMILES string of the molecule is CN(C)c1ccc(SC(C)(C)C)cc1. The van der Waals surface area contributed by atoms with Crippen LogP contribution in [0.25, 0.3) is 0 Å². The van der Waals surface area contributed by atoms with E-state index >= 15 is 0 Å². The first-order chi connectivity index (χ1) is 6.38. The molecule has 14 heavy (non-hydrogen) atoms. The lowest BCUT2D eigenvalue weighted by Crippen LogP contribution is -2.09. The summed E-state index contributed by atoms with van der Waals surface area (Å²) in [5.41, 5.74) is 1.25. The predicted molar refractivity (Wildman–Crippen MR) is 66.4 cm³/mol. The van der Waals surface area contributed by atoms with Crippen LogP contribution in [0.3, 0.4) is 0 Å². The van der Waals surface area contributed by atoms with Crippen LogP contribution < -0.4 is 4.90 Å². The maximum absolute atomic E-state index is 2.23. The van der Waals surface area contributed by atoms with E-state index in [0.717, 1.165) is 0 Å². The topological polar surface area (TPSA) is 3.24 Å². The van der Waals surface area contributed by atoms with Gasteiger partial charge in [0, 0.05) is 29.4 Å². The third-order valence-corrected chi connectivity index (χ3v) is 2.90. The van der Waals surface area contributed by atoms with Gasteiger partial charge < -0.3 is 4.90 Å². The summed E-state index contributed by atoms with van der Waals surface area (Å²) < 4.78 is 0.291. The number of nitrogens with zero attached hydrogens (tertiary/aromatic N) is 1. The summed E-state index contributed by atoms with van der Waals surface area (Å²) in [6.45, 7) is 6.70. The average Bonchev–Trinajstić information content (AvgIpc) is 2.02. The Morgan fingerprint density at radius 3 is 1.86 bits per heavy atom. The van der Waals surface area contributed by atoms with Gasteiger partial charge in [0.15, 0.2) is 0 Å². The minimum absolute atomic E-state index is 0.291. The predicted octanol–water partition coefficient (Wildman–Crippen LogP) is 3.64. The highest BCUT2D eigenvalue weighted by Gasteiger charge is 2.11. The molecule has 0 spiro atoms. The molecule has 0 saturated carbocycles. The van der Waals surface area contributed by atoms with E-state index in [9.17, 15) is 0 Å². The van der Waals surface area contributed by atoms with Crippen molar-refractivity contribution >= 4 is 17.4 Å². The second kappa shape index (κ2) is 4.26. The van der Waals surface area contributed by atoms with Gasteiger partial charge >= 0.3 is 0 Å². The van der Waals surface area contributed by atoms with Crippen LogP contribution in [-0.2, 0) is 0 Å². The Morgan fingerprint density at radius 1 is 1.00 bits per heavy atom. The van der Waals surface area contributed by atoms with Crippen LogP contribution in [0.15, 0.2) is 29.2 Å². The number of benzene rings is 1. The molecule has 0 radical (unpaired) electrons. The Bertz CT molecular complexity index is 282. The van der Waals surface area contributed by atoms with E-state index in [4.69, 9.17) is 0 Å². The molecule has 0 N–H and O–H groups in total. The Hall–Kier alpha value is -0.630. The highest BCUT2D eigenvalue weighted by atomic mass is 32.2. The summed E-state index contributed by atoms with van der Waals surface area (Å²) in [7, 11) is 4.12. The first-order valence-electron chi connectivity index (χ1n) is 4.85. The molecule has 1 nitrogen and oxygen atoms in total. The number of thioether (sulfide) groups is 1. The molecule has 0 saturated heterocycles. The lowest BCUT2D eigenvalue weighted by atomic mass is 10.3. The third-order valence-electron chi connectivity index (χ3n) is 1.78. The van der Waals surface area contributed by atoms with Crippen LogP contribution in [0.1, 0.15) is 20.8 Å². The summed E-state index contributed by atoms with van der Waals surface area (Å²) in [4.78, 5) is 3.45. The minimum Gasteiger partial charge on any atom is -0.378 e. The number of rotatable bonds is 2. The van der Waals surface area contributed by atoms with Crippen molar-refractivity contribution in [3.8, 4) is 0 Å². The van der Waals surface area contributed by atoms with Crippen LogP contribution in [-0.4, -0.2) is 18.8 Å². The molecular formula is C12H19NS. The highest BCUT2D eigenvalue weighted by Crippen LogP contribution is 2.32. The van der Waals surface area contributed by atoms with E-state index in [1.807, 2.05) is 11.8 Å². The van der Waals surface area contributed by atoms with Gasteiger partial charge in [-0.3, -0.25) is 0 Å². The molecule has 0 unspecified atom stereocenters. The molecule has 0 heterocycles. The van der Waals surface area contributed by atoms with Gasteiger partial charge in [-0.25, -0.2) is 0 Å². The molecule has 0 atom stereocenters. The van der Waals surface area contributed by atoms with Gasteiger partial charge in [-0.1, -0.05) is 20.8 Å². The second-order valence-corrected chi connectivity index (χ2v) is 6.50. The molecule has 0 amide bonds. The van der Waals surface area contributed by atoms with E-state index in [0.29, 0.717) is 4.75 Å². The largest absolute Gasteiger partial charge is 0.378 e. The number of hydrogen-bond donors (Lipinski definition) is 0. The first kappa shape index (κ1) is 11.4. The maximum atomic E-state index is 2.23. The maximum Gasteiger partial charge on any atom is 0.0361 e. The lowest BCUT2D eigenvalue weighted by Gasteiger charge is -2.18. The van der Waals surface area contributed by atoms with E-state index in [1.54, 1.807) is 0 Å². The fourth-order valence-corrected chi connectivity index (χ4v) is 2.15. The normalized spacial score (nSPS) is 11.5. The van der Waals surface area contributed by atoms with Gasteiger partial charge in [0.2, 0.25) is 0 Å². The van der Waals surface area contributed by atoms with Crippen molar-refractivity contribution in [1.29, 1.82) is 0 Å². The standard InChI is InChI=1S/C12H19NS/c1-12(2,3)14-11-8-6-10(7-9-11)13(4)5/h6-9H,1-5H3. The van der Waals surface area contributed by atoms with Gasteiger partial charge in [0.1, 0.15) is 0 Å². The molecule has 1 aromatic carbocycles. The van der Waals surface area contributed by atoms with Crippen molar-refractivity contribution in [2.24, 2.45) is 0 Å². The van der Waals surface area contributed by atoms with Crippen LogP contribution >= 0.6 is 11.8 Å². The van der Waals surface area contributed by atoms with Crippen molar-refractivity contribution in [3.05, 3.63) is 24.3 Å². The van der Waals surface area contributed by atoms with Crippen molar-refractivity contribution in [2.75, 3.05) is 19.0 Å². The molecular weight excluding hydrogens is 190 g/mol. The molecule has 0 bridgehead atoms. The van der Waals surface area contributed by atoms with Crippen LogP contribution in [0.4, 0.5) is 5.69 Å². The van der Waals surface area contributed by atoms with E-state index in [2.05, 4.69) is 64.0 Å². The zero-order valence-electron chi connectivity index (χ0n) is 9.66. The molecule has 1 aromatic rings. The average molecular weight is 209 g/mol. The fraction of sp³-hybridized carbons (Fsp3) is 0.500. The number of anilines is 1. The number of hydrogen-bond acceptors (Lipinski definition) is 2. The van der Waals surface area contributed by atoms with Crippen LogP contribution in [0.2, 0.25) is 0 Å². The van der Waals surface area contributed by atoms with Crippen molar-refractivity contribution in [2.45, 2.75) is 30.4 Å². The van der Waals surface area contributed by atoms with Gasteiger partial charge in [-0.2, -0.15) is 0 Å². The van der Waals surface area contributed by atoms with E-state index in [1.165, 1.54) is 10.6 Å².